The summed E-state index contributed by atoms with van der Waals surface area (Å²) in [5.74, 6) is 4.19. The molecule has 1 unspecified atom stereocenters. The fourth-order valence-electron chi connectivity index (χ4n) is 2.91. The van der Waals surface area contributed by atoms with Crippen LogP contribution in [0.15, 0.2) is 30.5 Å². The van der Waals surface area contributed by atoms with Crippen LogP contribution in [-0.4, -0.2) is 26.0 Å². The number of aryl methyl sites for hydroxylation is 1. The molecule has 3 aromatic rings. The Morgan fingerprint density at radius 2 is 2.24 bits per heavy atom. The zero-order chi connectivity index (χ0) is 14.2. The van der Waals surface area contributed by atoms with E-state index in [1.165, 1.54) is 40.0 Å². The van der Waals surface area contributed by atoms with Crippen LogP contribution in [0.5, 0.6) is 0 Å². The number of aromatic nitrogens is 3. The number of rotatable bonds is 2. The molecule has 5 heteroatoms. The van der Waals surface area contributed by atoms with E-state index in [-0.39, 0.29) is 0 Å². The molecule has 0 radical (unpaired) electrons. The molecule has 1 atom stereocenters. The van der Waals surface area contributed by atoms with E-state index in [0.29, 0.717) is 5.92 Å². The lowest BCUT2D eigenvalue weighted by molar-refractivity contribution is 0.618. The number of fused-ring (bicyclic) bond motifs is 1. The number of pyridine rings is 1. The van der Waals surface area contributed by atoms with Crippen LogP contribution in [0.1, 0.15) is 29.5 Å². The SMILES string of the molecule is Cc1ccc(-n2c(C3CCCSC3)nc3cccnc32)s1. The van der Waals surface area contributed by atoms with Crippen LogP contribution >= 0.6 is 23.1 Å². The largest absolute Gasteiger partial charge is 0.271 e. The molecule has 4 heterocycles. The van der Waals surface area contributed by atoms with Gasteiger partial charge in [-0.05, 0) is 49.8 Å². The van der Waals surface area contributed by atoms with Crippen molar-refractivity contribution in [2.24, 2.45) is 0 Å². The molecule has 0 N–H and O–H groups in total. The first-order valence-corrected chi connectivity index (χ1v) is 9.28. The first-order valence-electron chi connectivity index (χ1n) is 7.31. The third-order valence-corrected chi connectivity index (χ3v) is 6.12. The van der Waals surface area contributed by atoms with Gasteiger partial charge in [0.05, 0.1) is 0 Å². The summed E-state index contributed by atoms with van der Waals surface area (Å²) in [5, 5.41) is 1.24. The third-order valence-electron chi connectivity index (χ3n) is 3.91. The summed E-state index contributed by atoms with van der Waals surface area (Å²) in [6.45, 7) is 2.15. The van der Waals surface area contributed by atoms with Crippen LogP contribution in [0.2, 0.25) is 0 Å². The van der Waals surface area contributed by atoms with E-state index in [4.69, 9.17) is 4.98 Å². The van der Waals surface area contributed by atoms with E-state index in [1.54, 1.807) is 0 Å². The van der Waals surface area contributed by atoms with Gasteiger partial charge in [-0.2, -0.15) is 11.8 Å². The lowest BCUT2D eigenvalue weighted by Gasteiger charge is -2.21. The maximum absolute atomic E-state index is 4.92. The maximum Gasteiger partial charge on any atom is 0.165 e. The second-order valence-corrected chi connectivity index (χ2v) is 7.87. The van der Waals surface area contributed by atoms with Crippen molar-refractivity contribution in [3.63, 3.8) is 0 Å². The lowest BCUT2D eigenvalue weighted by atomic mass is 10.0. The summed E-state index contributed by atoms with van der Waals surface area (Å²) < 4.78 is 2.28. The molecule has 4 rings (SSSR count). The quantitative estimate of drug-likeness (QED) is 0.702. The second kappa shape index (κ2) is 5.46. The molecule has 3 aromatic heterocycles. The van der Waals surface area contributed by atoms with Crippen molar-refractivity contribution in [3.8, 4) is 5.00 Å². The van der Waals surface area contributed by atoms with Crippen LogP contribution in [0.4, 0.5) is 0 Å². The molecule has 0 aliphatic carbocycles. The van der Waals surface area contributed by atoms with Crippen molar-refractivity contribution < 1.29 is 0 Å². The highest BCUT2D eigenvalue weighted by Gasteiger charge is 2.24. The summed E-state index contributed by atoms with van der Waals surface area (Å²) in [7, 11) is 0. The highest BCUT2D eigenvalue weighted by atomic mass is 32.2. The van der Waals surface area contributed by atoms with Gasteiger partial charge in [-0.25, -0.2) is 9.97 Å². The Morgan fingerprint density at radius 3 is 3.00 bits per heavy atom. The number of thiophene rings is 1. The van der Waals surface area contributed by atoms with Crippen molar-refractivity contribution in [1.29, 1.82) is 0 Å². The van der Waals surface area contributed by atoms with Gasteiger partial charge in [-0.3, -0.25) is 4.57 Å². The first-order chi connectivity index (χ1) is 10.3. The molecule has 1 aliphatic heterocycles. The number of hydrogen-bond acceptors (Lipinski definition) is 4. The highest BCUT2D eigenvalue weighted by Crippen LogP contribution is 2.35. The predicted octanol–water partition coefficient (Wildman–Crippen LogP) is 4.40. The van der Waals surface area contributed by atoms with E-state index >= 15 is 0 Å². The molecule has 0 bridgehead atoms. The molecule has 21 heavy (non-hydrogen) atoms. The lowest BCUT2D eigenvalue weighted by Crippen LogP contribution is -2.13. The van der Waals surface area contributed by atoms with Gasteiger partial charge in [0.25, 0.3) is 0 Å². The Balaban J connectivity index is 1.92. The van der Waals surface area contributed by atoms with E-state index in [9.17, 15) is 0 Å². The summed E-state index contributed by atoms with van der Waals surface area (Å²) in [4.78, 5) is 10.8. The molecule has 1 saturated heterocycles. The highest BCUT2D eigenvalue weighted by molar-refractivity contribution is 7.99. The van der Waals surface area contributed by atoms with E-state index < -0.39 is 0 Å². The Labute approximate surface area is 132 Å². The third kappa shape index (κ3) is 2.38. The molecule has 0 amide bonds. The van der Waals surface area contributed by atoms with Gasteiger partial charge in [-0.15, -0.1) is 11.3 Å². The Bertz CT molecular complexity index is 769. The van der Waals surface area contributed by atoms with E-state index in [0.717, 1.165) is 11.2 Å². The number of imidazole rings is 1. The Hall–Kier alpha value is -1.33. The summed E-state index contributed by atoms with van der Waals surface area (Å²) in [6, 6.07) is 8.40. The fourth-order valence-corrected chi connectivity index (χ4v) is 4.92. The van der Waals surface area contributed by atoms with Crippen molar-refractivity contribution in [2.75, 3.05) is 11.5 Å². The molecular formula is C16H17N3S2. The molecule has 3 nitrogen and oxygen atoms in total. The van der Waals surface area contributed by atoms with E-state index in [2.05, 4.69) is 34.7 Å². The van der Waals surface area contributed by atoms with Crippen molar-refractivity contribution >= 4 is 34.3 Å². The van der Waals surface area contributed by atoms with E-state index in [1.807, 2.05) is 35.4 Å². The van der Waals surface area contributed by atoms with Gasteiger partial charge < -0.3 is 0 Å². The summed E-state index contributed by atoms with van der Waals surface area (Å²) in [5.41, 5.74) is 2.00. The van der Waals surface area contributed by atoms with Gasteiger partial charge in [0, 0.05) is 22.7 Å². The minimum absolute atomic E-state index is 0.542. The zero-order valence-corrected chi connectivity index (χ0v) is 13.6. The Kier molecular flexibility index (Phi) is 3.47. The molecule has 1 fully saturated rings. The van der Waals surface area contributed by atoms with Gasteiger partial charge in [0.15, 0.2) is 5.65 Å². The molecule has 0 saturated carbocycles. The molecule has 0 spiro atoms. The predicted molar refractivity (Wildman–Crippen MR) is 90.8 cm³/mol. The van der Waals surface area contributed by atoms with Gasteiger partial charge in [-0.1, -0.05) is 0 Å². The average Bonchev–Trinajstić information content (AvgIpc) is 3.11. The van der Waals surface area contributed by atoms with Gasteiger partial charge >= 0.3 is 0 Å². The molecule has 108 valence electrons. The maximum atomic E-state index is 4.92. The fraction of sp³-hybridized carbons (Fsp3) is 0.375. The van der Waals surface area contributed by atoms with Crippen LogP contribution in [-0.2, 0) is 0 Å². The second-order valence-electron chi connectivity index (χ2n) is 5.45. The van der Waals surface area contributed by atoms with Crippen LogP contribution in [0.3, 0.4) is 0 Å². The van der Waals surface area contributed by atoms with Crippen LogP contribution < -0.4 is 0 Å². The molecular weight excluding hydrogens is 298 g/mol. The topological polar surface area (TPSA) is 30.7 Å². The number of thioether (sulfide) groups is 1. The smallest absolute Gasteiger partial charge is 0.165 e. The monoisotopic (exact) mass is 315 g/mol. The van der Waals surface area contributed by atoms with Crippen LogP contribution in [0, 0.1) is 6.92 Å². The van der Waals surface area contributed by atoms with Crippen molar-refractivity contribution in [1.82, 2.24) is 14.5 Å². The zero-order valence-electron chi connectivity index (χ0n) is 12.0. The molecule has 0 aromatic carbocycles. The normalized spacial score (nSPS) is 19.2. The molecule has 1 aliphatic rings. The standard InChI is InChI=1S/C16H17N3S2/c1-11-6-7-14(21-11)19-15(12-4-3-9-20-10-12)18-13-5-2-8-17-16(13)19/h2,5-8,12H,3-4,9-10H2,1H3. The average molecular weight is 315 g/mol. The van der Waals surface area contributed by atoms with Gasteiger partial charge in [0.2, 0.25) is 0 Å². The minimum atomic E-state index is 0.542. The number of hydrogen-bond donors (Lipinski definition) is 0. The summed E-state index contributed by atoms with van der Waals surface area (Å²) >= 11 is 3.86. The minimum Gasteiger partial charge on any atom is -0.271 e. The van der Waals surface area contributed by atoms with Crippen LogP contribution in [0.25, 0.3) is 16.2 Å². The first kappa shape index (κ1) is 13.3. The van der Waals surface area contributed by atoms with Crippen molar-refractivity contribution in [2.45, 2.75) is 25.7 Å². The summed E-state index contributed by atoms with van der Waals surface area (Å²) in [6.07, 6.45) is 4.39. The van der Waals surface area contributed by atoms with Gasteiger partial charge in [0.1, 0.15) is 16.3 Å². The Morgan fingerprint density at radius 1 is 1.29 bits per heavy atom. The number of nitrogens with zero attached hydrogens (tertiary/aromatic N) is 3. The van der Waals surface area contributed by atoms with Crippen molar-refractivity contribution in [3.05, 3.63) is 41.2 Å².